The molecular weight excluding hydrogens is 358 g/mol. The molecule has 0 bridgehead atoms. The van der Waals surface area contributed by atoms with Crippen LogP contribution in [0, 0.1) is 6.92 Å². The molecule has 1 aliphatic heterocycles. The van der Waals surface area contributed by atoms with Gasteiger partial charge in [0.05, 0.1) is 23.6 Å². The first-order valence-electron chi connectivity index (χ1n) is 9.54. The Morgan fingerprint density at radius 1 is 1.29 bits per heavy atom. The van der Waals surface area contributed by atoms with Crippen molar-refractivity contribution in [2.24, 2.45) is 0 Å². The second-order valence-electron chi connectivity index (χ2n) is 7.01. The second-order valence-corrected chi connectivity index (χ2v) is 7.01. The molecule has 3 aromatic rings. The van der Waals surface area contributed by atoms with E-state index in [2.05, 4.69) is 10.2 Å². The molecule has 4 rings (SSSR count). The van der Waals surface area contributed by atoms with Gasteiger partial charge in [-0.1, -0.05) is 0 Å². The fraction of sp³-hybridized carbons (Fsp3) is 0.400. The summed E-state index contributed by atoms with van der Waals surface area (Å²) in [6.45, 7) is 5.67. The Balaban J connectivity index is 1.59. The summed E-state index contributed by atoms with van der Waals surface area (Å²) in [5.74, 6) is 0.567. The predicted molar refractivity (Wildman–Crippen MR) is 103 cm³/mol. The van der Waals surface area contributed by atoms with Crippen LogP contribution < -0.4 is 5.56 Å². The highest BCUT2D eigenvalue weighted by Crippen LogP contribution is 2.23. The van der Waals surface area contributed by atoms with Crippen molar-refractivity contribution in [2.45, 2.75) is 39.3 Å². The van der Waals surface area contributed by atoms with Crippen molar-refractivity contribution in [2.75, 3.05) is 13.1 Å². The van der Waals surface area contributed by atoms with Crippen molar-refractivity contribution in [3.8, 4) is 11.5 Å². The van der Waals surface area contributed by atoms with Gasteiger partial charge in [-0.25, -0.2) is 4.68 Å². The lowest BCUT2D eigenvalue weighted by atomic mass is 10.0. The summed E-state index contributed by atoms with van der Waals surface area (Å²) in [6.07, 6.45) is 4.98. The van der Waals surface area contributed by atoms with Gasteiger partial charge in [0, 0.05) is 31.9 Å². The van der Waals surface area contributed by atoms with Gasteiger partial charge in [-0.15, -0.1) is 0 Å². The lowest BCUT2D eigenvalue weighted by Gasteiger charge is -2.33. The third-order valence-electron chi connectivity index (χ3n) is 5.13. The van der Waals surface area contributed by atoms with E-state index >= 15 is 0 Å². The topological polar surface area (TPSA) is 86.2 Å². The van der Waals surface area contributed by atoms with Crippen LogP contribution in [0.2, 0.25) is 0 Å². The number of amides is 1. The predicted octanol–water partition coefficient (Wildman–Crippen LogP) is 2.51. The number of rotatable bonds is 4. The van der Waals surface area contributed by atoms with Crippen LogP contribution in [-0.2, 0) is 6.54 Å². The number of hydrogen-bond donors (Lipinski definition) is 0. The van der Waals surface area contributed by atoms with Gasteiger partial charge in [0.2, 0.25) is 0 Å². The van der Waals surface area contributed by atoms with Crippen LogP contribution in [0.5, 0.6) is 0 Å². The summed E-state index contributed by atoms with van der Waals surface area (Å²) >= 11 is 0. The molecule has 1 unspecified atom stereocenters. The molecule has 8 heteroatoms. The van der Waals surface area contributed by atoms with E-state index in [0.717, 1.165) is 25.1 Å². The van der Waals surface area contributed by atoms with Crippen molar-refractivity contribution >= 4 is 5.91 Å². The molecule has 0 saturated carbocycles. The Bertz CT molecular complexity index is 1030. The summed E-state index contributed by atoms with van der Waals surface area (Å²) < 4.78 is 8.65. The maximum absolute atomic E-state index is 13.0. The van der Waals surface area contributed by atoms with E-state index in [0.29, 0.717) is 30.1 Å². The van der Waals surface area contributed by atoms with E-state index in [1.807, 2.05) is 19.9 Å². The molecule has 0 aromatic carbocycles. The zero-order chi connectivity index (χ0) is 19.7. The van der Waals surface area contributed by atoms with Crippen molar-refractivity contribution < 1.29 is 9.21 Å². The zero-order valence-electron chi connectivity index (χ0n) is 16.0. The van der Waals surface area contributed by atoms with Gasteiger partial charge in [0.1, 0.15) is 5.69 Å². The molecule has 146 valence electrons. The quantitative estimate of drug-likeness (QED) is 0.693. The van der Waals surface area contributed by atoms with Crippen molar-refractivity contribution in [1.29, 1.82) is 0 Å². The van der Waals surface area contributed by atoms with E-state index in [1.165, 1.54) is 10.7 Å². The Labute approximate surface area is 162 Å². The number of carbonyl (C=O) groups is 1. The first-order valence-corrected chi connectivity index (χ1v) is 9.54. The Morgan fingerprint density at radius 2 is 2.14 bits per heavy atom. The minimum Gasteiger partial charge on any atom is -0.463 e. The average Bonchev–Trinajstić information content (AvgIpc) is 3.38. The number of aryl methyl sites for hydroxylation is 2. The van der Waals surface area contributed by atoms with E-state index in [-0.39, 0.29) is 17.5 Å². The molecule has 1 atom stereocenters. The molecular formula is C20H23N5O3. The van der Waals surface area contributed by atoms with E-state index in [4.69, 9.17) is 4.42 Å². The maximum atomic E-state index is 13.0. The minimum absolute atomic E-state index is 0.0443. The van der Waals surface area contributed by atoms with Crippen LogP contribution in [0.25, 0.3) is 11.5 Å². The van der Waals surface area contributed by atoms with Gasteiger partial charge >= 0.3 is 0 Å². The molecule has 4 heterocycles. The largest absolute Gasteiger partial charge is 0.463 e. The van der Waals surface area contributed by atoms with Gasteiger partial charge in [-0.2, -0.15) is 10.2 Å². The number of likely N-dealkylation sites (tertiary alicyclic amines) is 1. The number of furan rings is 1. The first kappa shape index (κ1) is 18.2. The number of hydrogen-bond acceptors (Lipinski definition) is 5. The van der Waals surface area contributed by atoms with Crippen molar-refractivity contribution in [3.05, 3.63) is 58.3 Å². The number of carbonyl (C=O) groups excluding carboxylic acids is 1. The van der Waals surface area contributed by atoms with Crippen molar-refractivity contribution in [3.63, 3.8) is 0 Å². The molecule has 1 aliphatic rings. The summed E-state index contributed by atoms with van der Waals surface area (Å²) in [5.41, 5.74) is 1.77. The molecule has 0 N–H and O–H groups in total. The smallest absolute Gasteiger partial charge is 0.267 e. The summed E-state index contributed by atoms with van der Waals surface area (Å²) in [4.78, 5) is 27.2. The molecule has 28 heavy (non-hydrogen) atoms. The van der Waals surface area contributed by atoms with Crippen molar-refractivity contribution in [1.82, 2.24) is 24.5 Å². The molecule has 0 spiro atoms. The third-order valence-corrected chi connectivity index (χ3v) is 5.13. The zero-order valence-corrected chi connectivity index (χ0v) is 16.0. The SMILES string of the molecule is CCn1cc(C(=O)N2CCCC(n3nc(-c4ccco4)ccc3=O)C2)c(C)n1. The van der Waals surface area contributed by atoms with Crippen LogP contribution in [0.1, 0.15) is 41.9 Å². The van der Waals surface area contributed by atoms with Gasteiger partial charge in [-0.05, 0) is 44.9 Å². The molecule has 0 aliphatic carbocycles. The van der Waals surface area contributed by atoms with Crippen LogP contribution >= 0.6 is 0 Å². The molecule has 0 radical (unpaired) electrons. The van der Waals surface area contributed by atoms with E-state index in [9.17, 15) is 9.59 Å². The lowest BCUT2D eigenvalue weighted by Crippen LogP contribution is -2.43. The Kier molecular flexibility index (Phi) is 4.85. The number of nitrogens with zero attached hydrogens (tertiary/aromatic N) is 5. The summed E-state index contributed by atoms with van der Waals surface area (Å²) in [7, 11) is 0. The number of aromatic nitrogens is 4. The normalized spacial score (nSPS) is 17.1. The summed E-state index contributed by atoms with van der Waals surface area (Å²) in [5, 5.41) is 8.86. The monoisotopic (exact) mass is 381 g/mol. The maximum Gasteiger partial charge on any atom is 0.267 e. The van der Waals surface area contributed by atoms with Crippen LogP contribution in [0.4, 0.5) is 0 Å². The molecule has 1 amide bonds. The summed E-state index contributed by atoms with van der Waals surface area (Å²) in [6, 6.07) is 6.59. The molecule has 3 aromatic heterocycles. The van der Waals surface area contributed by atoms with Gasteiger partial charge < -0.3 is 9.32 Å². The average molecular weight is 381 g/mol. The Hall–Kier alpha value is -3.16. The first-order chi connectivity index (χ1) is 13.6. The molecule has 8 nitrogen and oxygen atoms in total. The second kappa shape index (κ2) is 7.46. The van der Waals surface area contributed by atoms with Crippen LogP contribution in [0.15, 0.2) is 45.9 Å². The third kappa shape index (κ3) is 3.37. The van der Waals surface area contributed by atoms with Gasteiger partial charge in [0.25, 0.3) is 11.5 Å². The Morgan fingerprint density at radius 3 is 2.86 bits per heavy atom. The molecule has 1 saturated heterocycles. The fourth-order valence-electron chi connectivity index (χ4n) is 3.64. The fourth-order valence-corrected chi connectivity index (χ4v) is 3.64. The van der Waals surface area contributed by atoms with E-state index in [1.54, 1.807) is 34.2 Å². The molecule has 1 fully saturated rings. The highest BCUT2D eigenvalue weighted by atomic mass is 16.3. The lowest BCUT2D eigenvalue weighted by molar-refractivity contribution is 0.0669. The van der Waals surface area contributed by atoms with E-state index < -0.39 is 0 Å². The van der Waals surface area contributed by atoms with Crippen LogP contribution in [0.3, 0.4) is 0 Å². The van der Waals surface area contributed by atoms with Gasteiger partial charge in [0.15, 0.2) is 5.76 Å². The minimum atomic E-state index is -0.176. The standard InChI is InChI=1S/C20H23N5O3/c1-3-24-13-16(14(2)21-24)20(27)23-10-4-6-15(12-23)25-19(26)9-8-17(22-25)18-7-5-11-28-18/h5,7-9,11,13,15H,3-4,6,10,12H2,1-2H3. The number of piperidine rings is 1. The highest BCUT2D eigenvalue weighted by Gasteiger charge is 2.28. The van der Waals surface area contributed by atoms with Gasteiger partial charge in [-0.3, -0.25) is 14.3 Å². The van der Waals surface area contributed by atoms with Crippen LogP contribution in [-0.4, -0.2) is 43.5 Å². The highest BCUT2D eigenvalue weighted by molar-refractivity contribution is 5.95.